The lowest BCUT2D eigenvalue weighted by Gasteiger charge is -2.20. The van der Waals surface area contributed by atoms with Crippen LogP contribution in [0.4, 0.5) is 0 Å². The highest BCUT2D eigenvalue weighted by molar-refractivity contribution is 5.92. The Morgan fingerprint density at radius 1 is 0.872 bits per heavy atom. The van der Waals surface area contributed by atoms with E-state index in [1.54, 1.807) is 20.4 Å². The van der Waals surface area contributed by atoms with Crippen LogP contribution in [0.25, 0.3) is 21.8 Å². The largest absolute Gasteiger partial charge is 0.497 e. The SMILES string of the molecule is COc1ccc(Cn2c(CCc3c[nH]c4ccccc34)nnc2C(CNC(=O)c2cnccn2)c2c[nH]c3ccccc23)c(OC)c1. The molecular formula is C36H34N8O3. The number of nitrogens with zero attached hydrogens (tertiary/aromatic N) is 5. The number of benzene rings is 3. The summed E-state index contributed by atoms with van der Waals surface area (Å²) < 4.78 is 13.4. The molecule has 0 spiro atoms. The van der Waals surface area contributed by atoms with Crippen molar-refractivity contribution in [2.24, 2.45) is 0 Å². The van der Waals surface area contributed by atoms with Gasteiger partial charge in [0.2, 0.25) is 0 Å². The molecular weight excluding hydrogens is 592 g/mol. The fraction of sp³-hybridized carbons (Fsp3) is 0.194. The number of H-pyrrole nitrogens is 2. The zero-order chi connectivity index (χ0) is 32.2. The van der Waals surface area contributed by atoms with Gasteiger partial charge in [0.25, 0.3) is 5.91 Å². The Morgan fingerprint density at radius 3 is 2.45 bits per heavy atom. The maximum atomic E-state index is 13.2. The number of ether oxygens (including phenoxy) is 2. The van der Waals surface area contributed by atoms with Crippen molar-refractivity contribution < 1.29 is 14.3 Å². The third kappa shape index (κ3) is 6.02. The summed E-state index contributed by atoms with van der Waals surface area (Å²) in [5.41, 5.74) is 5.50. The molecule has 0 aliphatic carbocycles. The molecule has 0 radical (unpaired) electrons. The molecule has 0 bridgehead atoms. The molecule has 236 valence electrons. The van der Waals surface area contributed by atoms with E-state index in [1.165, 1.54) is 23.3 Å². The molecule has 0 aliphatic rings. The number of methoxy groups -OCH3 is 2. The van der Waals surface area contributed by atoms with Crippen LogP contribution in [-0.4, -0.2) is 61.4 Å². The highest BCUT2D eigenvalue weighted by Gasteiger charge is 2.27. The van der Waals surface area contributed by atoms with Crippen LogP contribution in [0.2, 0.25) is 0 Å². The first-order valence-corrected chi connectivity index (χ1v) is 15.4. The third-order valence-corrected chi connectivity index (χ3v) is 8.54. The molecule has 7 rings (SSSR count). The topological polar surface area (TPSA) is 136 Å². The highest BCUT2D eigenvalue weighted by atomic mass is 16.5. The predicted octanol–water partition coefficient (Wildman–Crippen LogP) is 5.44. The van der Waals surface area contributed by atoms with Crippen LogP contribution >= 0.6 is 0 Å². The molecule has 3 N–H and O–H groups in total. The number of amides is 1. The van der Waals surface area contributed by atoms with Crippen molar-refractivity contribution >= 4 is 27.7 Å². The lowest BCUT2D eigenvalue weighted by Crippen LogP contribution is -2.31. The monoisotopic (exact) mass is 626 g/mol. The Balaban J connectivity index is 1.30. The maximum Gasteiger partial charge on any atom is 0.271 e. The second-order valence-electron chi connectivity index (χ2n) is 11.2. The Hall–Kier alpha value is -5.97. The van der Waals surface area contributed by atoms with Gasteiger partial charge in [-0.15, -0.1) is 10.2 Å². The summed E-state index contributed by atoms with van der Waals surface area (Å²) in [6.07, 6.45) is 9.97. The number of aromatic nitrogens is 7. The molecule has 11 heteroatoms. The third-order valence-electron chi connectivity index (χ3n) is 8.54. The van der Waals surface area contributed by atoms with Crippen LogP contribution in [0.5, 0.6) is 11.5 Å². The number of nitrogens with one attached hydrogen (secondary N) is 3. The van der Waals surface area contributed by atoms with Gasteiger partial charge < -0.3 is 29.3 Å². The first-order chi connectivity index (χ1) is 23.1. The number of rotatable bonds is 12. The van der Waals surface area contributed by atoms with Gasteiger partial charge in [-0.3, -0.25) is 9.78 Å². The quantitative estimate of drug-likeness (QED) is 0.164. The number of hydrogen-bond donors (Lipinski definition) is 3. The van der Waals surface area contributed by atoms with Gasteiger partial charge in [-0.05, 0) is 41.8 Å². The number of carbonyl (C=O) groups is 1. The molecule has 1 atom stereocenters. The minimum absolute atomic E-state index is 0.244. The normalized spacial score (nSPS) is 12.0. The Labute approximate surface area is 271 Å². The lowest BCUT2D eigenvalue weighted by atomic mass is 9.97. The highest BCUT2D eigenvalue weighted by Crippen LogP contribution is 2.32. The van der Waals surface area contributed by atoms with Gasteiger partial charge in [-0.25, -0.2) is 4.98 Å². The minimum Gasteiger partial charge on any atom is -0.497 e. The second-order valence-corrected chi connectivity index (χ2v) is 11.2. The van der Waals surface area contributed by atoms with Gasteiger partial charge in [0.15, 0.2) is 0 Å². The maximum absolute atomic E-state index is 13.2. The fourth-order valence-corrected chi connectivity index (χ4v) is 6.13. The fourth-order valence-electron chi connectivity index (χ4n) is 6.13. The molecule has 11 nitrogen and oxygen atoms in total. The predicted molar refractivity (Wildman–Crippen MR) is 179 cm³/mol. The number of hydrogen-bond acceptors (Lipinski definition) is 7. The van der Waals surface area contributed by atoms with Gasteiger partial charge in [0.1, 0.15) is 28.8 Å². The summed E-state index contributed by atoms with van der Waals surface area (Å²) in [6, 6.07) is 22.2. The van der Waals surface area contributed by atoms with E-state index in [0.29, 0.717) is 24.5 Å². The molecule has 0 saturated heterocycles. The molecule has 0 fully saturated rings. The van der Waals surface area contributed by atoms with Gasteiger partial charge in [0.05, 0.1) is 32.9 Å². The summed E-state index contributed by atoms with van der Waals surface area (Å²) in [7, 11) is 3.29. The van der Waals surface area contributed by atoms with Gasteiger partial charge in [-0.2, -0.15) is 0 Å². The van der Waals surface area contributed by atoms with Crippen molar-refractivity contribution in [3.8, 4) is 11.5 Å². The van der Waals surface area contributed by atoms with E-state index < -0.39 is 0 Å². The van der Waals surface area contributed by atoms with Gasteiger partial charge in [0, 0.05) is 71.2 Å². The van der Waals surface area contributed by atoms with E-state index in [0.717, 1.165) is 45.6 Å². The number of carbonyl (C=O) groups excluding carboxylic acids is 1. The number of fused-ring (bicyclic) bond motifs is 2. The van der Waals surface area contributed by atoms with Crippen molar-refractivity contribution in [2.75, 3.05) is 20.8 Å². The van der Waals surface area contributed by atoms with Crippen LogP contribution in [0.1, 0.15) is 44.7 Å². The Morgan fingerprint density at radius 2 is 1.66 bits per heavy atom. The smallest absolute Gasteiger partial charge is 0.271 e. The van der Waals surface area contributed by atoms with Crippen molar-refractivity contribution in [1.82, 2.24) is 40.0 Å². The second kappa shape index (κ2) is 13.2. The molecule has 4 heterocycles. The van der Waals surface area contributed by atoms with Crippen LogP contribution in [0.3, 0.4) is 0 Å². The molecule has 3 aromatic carbocycles. The molecule has 0 aliphatic heterocycles. The summed E-state index contributed by atoms with van der Waals surface area (Å²) in [4.78, 5) is 28.2. The van der Waals surface area contributed by atoms with E-state index in [-0.39, 0.29) is 24.1 Å². The molecule has 4 aromatic heterocycles. The lowest BCUT2D eigenvalue weighted by molar-refractivity contribution is 0.0946. The van der Waals surface area contributed by atoms with Crippen molar-refractivity contribution in [2.45, 2.75) is 25.3 Å². The van der Waals surface area contributed by atoms with E-state index in [9.17, 15) is 4.79 Å². The number of para-hydroxylation sites is 2. The molecule has 1 amide bonds. The summed E-state index contributed by atoms with van der Waals surface area (Å²) in [5.74, 6) is 2.30. The zero-order valence-electron chi connectivity index (χ0n) is 26.1. The van der Waals surface area contributed by atoms with E-state index in [1.807, 2.05) is 48.7 Å². The standard InChI is InChI=1S/C36H34N8O3/c1-46-25-13-11-24(33(17-25)47-2)22-44-34(14-12-23-18-39-30-9-5-3-7-26(23)30)42-43-35(44)29(20-41-36(45)32-21-37-15-16-38-32)28-19-40-31-10-6-4-8-27(28)31/h3-11,13,15-19,21,29,39-40H,12,14,20,22H2,1-2H3,(H,41,45). The summed E-state index contributed by atoms with van der Waals surface area (Å²) in [6.45, 7) is 0.716. The first-order valence-electron chi connectivity index (χ1n) is 15.4. The van der Waals surface area contributed by atoms with Crippen molar-refractivity contribution in [1.29, 1.82) is 0 Å². The molecule has 0 saturated carbocycles. The van der Waals surface area contributed by atoms with E-state index >= 15 is 0 Å². The van der Waals surface area contributed by atoms with Crippen LogP contribution in [0, 0.1) is 0 Å². The van der Waals surface area contributed by atoms with Gasteiger partial charge in [-0.1, -0.05) is 36.4 Å². The molecule has 7 aromatic rings. The van der Waals surface area contributed by atoms with Gasteiger partial charge >= 0.3 is 0 Å². The van der Waals surface area contributed by atoms with Crippen LogP contribution < -0.4 is 14.8 Å². The number of aryl methyl sites for hydroxylation is 2. The Bertz CT molecular complexity index is 2150. The Kier molecular flexibility index (Phi) is 8.33. The zero-order valence-corrected chi connectivity index (χ0v) is 26.1. The van der Waals surface area contributed by atoms with E-state index in [2.05, 4.69) is 60.3 Å². The summed E-state index contributed by atoms with van der Waals surface area (Å²) in [5, 5.41) is 14.9. The average Bonchev–Trinajstić information content (AvgIpc) is 3.85. The number of aromatic amines is 2. The van der Waals surface area contributed by atoms with Crippen molar-refractivity contribution in [3.05, 3.63) is 132 Å². The minimum atomic E-state index is -0.342. The van der Waals surface area contributed by atoms with Crippen LogP contribution in [0.15, 0.2) is 97.7 Å². The van der Waals surface area contributed by atoms with E-state index in [4.69, 9.17) is 19.7 Å². The molecule has 47 heavy (non-hydrogen) atoms. The van der Waals surface area contributed by atoms with Crippen LogP contribution in [-0.2, 0) is 19.4 Å². The van der Waals surface area contributed by atoms with Crippen molar-refractivity contribution in [3.63, 3.8) is 0 Å². The molecule has 1 unspecified atom stereocenters. The summed E-state index contributed by atoms with van der Waals surface area (Å²) >= 11 is 0. The average molecular weight is 627 g/mol. The first kappa shape index (κ1) is 29.7.